The Kier molecular flexibility index (Phi) is 4.30. The van der Waals surface area contributed by atoms with Gasteiger partial charge in [0.25, 0.3) is 0 Å². The largest absolute Gasteiger partial charge is 0.271 e. The van der Waals surface area contributed by atoms with Gasteiger partial charge in [0.15, 0.2) is 0 Å². The van der Waals surface area contributed by atoms with Crippen molar-refractivity contribution in [2.75, 3.05) is 0 Å². The van der Waals surface area contributed by atoms with Crippen LogP contribution in [0.3, 0.4) is 0 Å². The van der Waals surface area contributed by atoms with E-state index in [2.05, 4.69) is 51.3 Å². The van der Waals surface area contributed by atoms with Gasteiger partial charge in [-0.05, 0) is 42.9 Å². The molecule has 0 bridgehead atoms. The Labute approximate surface area is 92.8 Å². The van der Waals surface area contributed by atoms with Crippen LogP contribution in [0, 0.1) is 19.8 Å². The summed E-state index contributed by atoms with van der Waals surface area (Å²) in [5, 5.41) is 0. The van der Waals surface area contributed by atoms with E-state index in [0.717, 1.165) is 6.42 Å². The molecule has 0 spiro atoms. The molecule has 0 aromatic heterocycles. The lowest BCUT2D eigenvalue weighted by Gasteiger charge is -2.22. The highest BCUT2D eigenvalue weighted by Gasteiger charge is 2.15. The molecular weight excluding hydrogens is 184 g/mol. The Hall–Kier alpha value is -0.860. The van der Waals surface area contributed by atoms with E-state index in [1.807, 2.05) is 0 Å². The molecule has 0 amide bonds. The molecule has 0 heterocycles. The maximum absolute atomic E-state index is 5.64. The highest BCUT2D eigenvalue weighted by molar-refractivity contribution is 5.36. The lowest BCUT2D eigenvalue weighted by molar-refractivity contribution is 0.435. The smallest absolute Gasteiger partial charge is 0.0467 e. The maximum atomic E-state index is 5.64. The van der Waals surface area contributed by atoms with Gasteiger partial charge < -0.3 is 0 Å². The van der Waals surface area contributed by atoms with E-state index >= 15 is 0 Å². The second-order valence-electron chi connectivity index (χ2n) is 4.65. The average molecular weight is 206 g/mol. The monoisotopic (exact) mass is 206 g/mol. The predicted octanol–water partition coefficient (Wildman–Crippen LogP) is 2.85. The Morgan fingerprint density at radius 3 is 2.13 bits per heavy atom. The van der Waals surface area contributed by atoms with Crippen molar-refractivity contribution in [3.8, 4) is 0 Å². The van der Waals surface area contributed by atoms with Crippen LogP contribution in [0.25, 0.3) is 0 Å². The Morgan fingerprint density at radius 2 is 1.73 bits per heavy atom. The lowest BCUT2D eigenvalue weighted by atomic mass is 9.91. The minimum atomic E-state index is 0.270. The highest BCUT2D eigenvalue weighted by atomic mass is 15.2. The molecule has 0 saturated heterocycles. The first-order valence-corrected chi connectivity index (χ1v) is 5.58. The third kappa shape index (κ3) is 3.05. The number of nitrogens with one attached hydrogen (secondary N) is 1. The minimum Gasteiger partial charge on any atom is -0.271 e. The number of rotatable bonds is 4. The quantitative estimate of drug-likeness (QED) is 0.587. The molecule has 84 valence electrons. The first kappa shape index (κ1) is 12.2. The van der Waals surface area contributed by atoms with E-state index in [4.69, 9.17) is 5.84 Å². The van der Waals surface area contributed by atoms with Crippen molar-refractivity contribution < 1.29 is 0 Å². The molecule has 1 rings (SSSR count). The highest BCUT2D eigenvalue weighted by Crippen LogP contribution is 2.26. The fourth-order valence-electron chi connectivity index (χ4n) is 2.12. The summed E-state index contributed by atoms with van der Waals surface area (Å²) in [4.78, 5) is 0. The maximum Gasteiger partial charge on any atom is 0.0467 e. The Morgan fingerprint density at radius 1 is 1.20 bits per heavy atom. The summed E-state index contributed by atoms with van der Waals surface area (Å²) in [7, 11) is 0. The SMILES string of the molecule is Cc1cccc(C)c1C(CC(C)C)NN. The van der Waals surface area contributed by atoms with E-state index in [1.54, 1.807) is 0 Å². The van der Waals surface area contributed by atoms with Gasteiger partial charge in [-0.25, -0.2) is 0 Å². The van der Waals surface area contributed by atoms with Gasteiger partial charge in [0.1, 0.15) is 0 Å². The normalized spacial score (nSPS) is 13.2. The molecule has 0 aliphatic carbocycles. The summed E-state index contributed by atoms with van der Waals surface area (Å²) in [5.41, 5.74) is 6.92. The summed E-state index contributed by atoms with van der Waals surface area (Å²) in [6.45, 7) is 8.73. The molecule has 15 heavy (non-hydrogen) atoms. The molecule has 0 saturated carbocycles. The number of aryl methyl sites for hydroxylation is 2. The minimum absolute atomic E-state index is 0.270. The van der Waals surface area contributed by atoms with E-state index in [9.17, 15) is 0 Å². The zero-order valence-electron chi connectivity index (χ0n) is 10.2. The summed E-state index contributed by atoms with van der Waals surface area (Å²) in [6.07, 6.45) is 1.07. The fraction of sp³-hybridized carbons (Fsp3) is 0.538. The molecule has 0 fully saturated rings. The second-order valence-corrected chi connectivity index (χ2v) is 4.65. The van der Waals surface area contributed by atoms with Crippen LogP contribution in [0.1, 0.15) is 43.0 Å². The lowest BCUT2D eigenvalue weighted by Crippen LogP contribution is -2.30. The van der Waals surface area contributed by atoms with Gasteiger partial charge in [-0.1, -0.05) is 32.0 Å². The summed E-state index contributed by atoms with van der Waals surface area (Å²) in [5.74, 6) is 6.28. The third-order valence-corrected chi connectivity index (χ3v) is 2.80. The molecule has 1 unspecified atom stereocenters. The topological polar surface area (TPSA) is 38.0 Å². The van der Waals surface area contributed by atoms with Crippen LogP contribution < -0.4 is 11.3 Å². The average Bonchev–Trinajstić information content (AvgIpc) is 2.15. The van der Waals surface area contributed by atoms with Crippen molar-refractivity contribution >= 4 is 0 Å². The van der Waals surface area contributed by atoms with Gasteiger partial charge in [0.2, 0.25) is 0 Å². The number of hydrogen-bond donors (Lipinski definition) is 2. The second kappa shape index (κ2) is 5.29. The number of hydrazine groups is 1. The molecule has 3 N–H and O–H groups in total. The first-order chi connectivity index (χ1) is 7.06. The van der Waals surface area contributed by atoms with Crippen LogP contribution >= 0.6 is 0 Å². The molecule has 2 heteroatoms. The van der Waals surface area contributed by atoms with Crippen molar-refractivity contribution in [2.24, 2.45) is 11.8 Å². The summed E-state index contributed by atoms with van der Waals surface area (Å²) in [6, 6.07) is 6.66. The van der Waals surface area contributed by atoms with Crippen LogP contribution in [-0.4, -0.2) is 0 Å². The molecule has 1 aromatic carbocycles. The first-order valence-electron chi connectivity index (χ1n) is 5.58. The van der Waals surface area contributed by atoms with Crippen LogP contribution in [0.4, 0.5) is 0 Å². The molecule has 2 nitrogen and oxygen atoms in total. The van der Waals surface area contributed by atoms with Gasteiger partial charge >= 0.3 is 0 Å². The third-order valence-electron chi connectivity index (χ3n) is 2.80. The van der Waals surface area contributed by atoms with E-state index < -0.39 is 0 Å². The molecule has 1 aromatic rings. The van der Waals surface area contributed by atoms with Gasteiger partial charge in [-0.2, -0.15) is 0 Å². The summed E-state index contributed by atoms with van der Waals surface area (Å²) >= 11 is 0. The Bertz CT molecular complexity index is 298. The molecule has 0 aliphatic rings. The molecular formula is C13H22N2. The predicted molar refractivity (Wildman–Crippen MR) is 65.4 cm³/mol. The van der Waals surface area contributed by atoms with Crippen LogP contribution in [-0.2, 0) is 0 Å². The number of hydrogen-bond acceptors (Lipinski definition) is 2. The molecule has 0 radical (unpaired) electrons. The van der Waals surface area contributed by atoms with E-state index in [1.165, 1.54) is 16.7 Å². The van der Waals surface area contributed by atoms with Crippen molar-refractivity contribution in [1.29, 1.82) is 0 Å². The van der Waals surface area contributed by atoms with Gasteiger partial charge in [-0.15, -0.1) is 0 Å². The summed E-state index contributed by atoms with van der Waals surface area (Å²) < 4.78 is 0. The zero-order chi connectivity index (χ0) is 11.4. The van der Waals surface area contributed by atoms with Crippen LogP contribution in [0.15, 0.2) is 18.2 Å². The number of nitrogens with two attached hydrogens (primary N) is 1. The molecule has 0 aliphatic heterocycles. The van der Waals surface area contributed by atoms with E-state index in [-0.39, 0.29) is 6.04 Å². The van der Waals surface area contributed by atoms with Crippen LogP contribution in [0.2, 0.25) is 0 Å². The van der Waals surface area contributed by atoms with E-state index in [0.29, 0.717) is 5.92 Å². The molecule has 1 atom stereocenters. The Balaban J connectivity index is 3.00. The van der Waals surface area contributed by atoms with Crippen molar-refractivity contribution in [3.63, 3.8) is 0 Å². The van der Waals surface area contributed by atoms with Gasteiger partial charge in [0.05, 0.1) is 0 Å². The van der Waals surface area contributed by atoms with Crippen molar-refractivity contribution in [3.05, 3.63) is 34.9 Å². The number of benzene rings is 1. The van der Waals surface area contributed by atoms with Gasteiger partial charge in [0, 0.05) is 6.04 Å². The zero-order valence-corrected chi connectivity index (χ0v) is 10.2. The van der Waals surface area contributed by atoms with Crippen molar-refractivity contribution in [1.82, 2.24) is 5.43 Å². The standard InChI is InChI=1S/C13H22N2/c1-9(2)8-12(15-14)13-10(3)6-5-7-11(13)4/h5-7,9,12,15H,8,14H2,1-4H3. The fourth-order valence-corrected chi connectivity index (χ4v) is 2.12. The van der Waals surface area contributed by atoms with Gasteiger partial charge in [-0.3, -0.25) is 11.3 Å². The van der Waals surface area contributed by atoms with Crippen molar-refractivity contribution in [2.45, 2.75) is 40.2 Å². The van der Waals surface area contributed by atoms with Crippen LogP contribution in [0.5, 0.6) is 0 Å².